The molecule has 1 aromatic rings. The van der Waals surface area contributed by atoms with Crippen LogP contribution in [0.4, 0.5) is 0 Å². The lowest BCUT2D eigenvalue weighted by Gasteiger charge is -2.12. The van der Waals surface area contributed by atoms with Crippen molar-refractivity contribution in [1.82, 2.24) is 20.8 Å². The van der Waals surface area contributed by atoms with Crippen LogP contribution in [0.15, 0.2) is 18.9 Å². The highest BCUT2D eigenvalue weighted by Crippen LogP contribution is 2.13. The normalized spacial score (nSPS) is 12.1. The zero-order valence-electron chi connectivity index (χ0n) is 9.71. The van der Waals surface area contributed by atoms with Gasteiger partial charge in [-0.05, 0) is 13.8 Å². The maximum absolute atomic E-state index is 11.3. The lowest BCUT2D eigenvalue weighted by atomic mass is 10.1. The number of carbonyl (C=O) groups is 1. The van der Waals surface area contributed by atoms with Crippen molar-refractivity contribution in [1.29, 1.82) is 0 Å². The van der Waals surface area contributed by atoms with Crippen LogP contribution in [0.5, 0.6) is 0 Å². The first kappa shape index (κ1) is 12.4. The van der Waals surface area contributed by atoms with Crippen molar-refractivity contribution in [3.63, 3.8) is 0 Å². The molecule has 0 fully saturated rings. The number of hydrogen-bond donors (Lipinski definition) is 3. The number of aryl methyl sites for hydroxylation is 1. The third kappa shape index (κ3) is 3.51. The van der Waals surface area contributed by atoms with E-state index in [1.807, 2.05) is 13.8 Å². The SMILES string of the molecule is C=CCNC(=O)CNC(C)c1cn[nH]c1C. The second-order valence-electron chi connectivity index (χ2n) is 3.65. The number of carbonyl (C=O) groups excluding carboxylic acids is 1. The second kappa shape index (κ2) is 6.07. The van der Waals surface area contributed by atoms with E-state index in [0.29, 0.717) is 13.1 Å². The van der Waals surface area contributed by atoms with Crippen molar-refractivity contribution in [3.8, 4) is 0 Å². The van der Waals surface area contributed by atoms with Gasteiger partial charge >= 0.3 is 0 Å². The third-order valence-electron chi connectivity index (χ3n) is 2.35. The average molecular weight is 222 g/mol. The molecule has 0 aromatic carbocycles. The Labute approximate surface area is 95.3 Å². The van der Waals surface area contributed by atoms with Gasteiger partial charge in [0.15, 0.2) is 0 Å². The van der Waals surface area contributed by atoms with Gasteiger partial charge in [-0.3, -0.25) is 9.89 Å². The number of amides is 1. The summed E-state index contributed by atoms with van der Waals surface area (Å²) in [6, 6.07) is 0.105. The molecule has 1 rings (SSSR count). The van der Waals surface area contributed by atoms with Crippen molar-refractivity contribution < 1.29 is 4.79 Å². The topological polar surface area (TPSA) is 69.8 Å². The summed E-state index contributed by atoms with van der Waals surface area (Å²) >= 11 is 0. The summed E-state index contributed by atoms with van der Waals surface area (Å²) in [5.41, 5.74) is 2.10. The molecule has 1 aromatic heterocycles. The molecule has 1 atom stereocenters. The second-order valence-corrected chi connectivity index (χ2v) is 3.65. The minimum absolute atomic E-state index is 0.0344. The van der Waals surface area contributed by atoms with Gasteiger partial charge in [0.1, 0.15) is 0 Å². The zero-order chi connectivity index (χ0) is 12.0. The fraction of sp³-hybridized carbons (Fsp3) is 0.455. The van der Waals surface area contributed by atoms with Crippen LogP contribution in [0.25, 0.3) is 0 Å². The summed E-state index contributed by atoms with van der Waals surface area (Å²) < 4.78 is 0. The molecule has 0 aliphatic heterocycles. The predicted octanol–water partition coefficient (Wildman–Crippen LogP) is 0.671. The molecule has 0 aliphatic rings. The Bertz CT molecular complexity index is 359. The summed E-state index contributed by atoms with van der Waals surface area (Å²) in [7, 11) is 0. The molecule has 16 heavy (non-hydrogen) atoms. The smallest absolute Gasteiger partial charge is 0.234 e. The van der Waals surface area contributed by atoms with E-state index in [2.05, 4.69) is 27.4 Å². The van der Waals surface area contributed by atoms with Crippen LogP contribution in [0.3, 0.4) is 0 Å². The maximum atomic E-state index is 11.3. The monoisotopic (exact) mass is 222 g/mol. The van der Waals surface area contributed by atoms with Crippen LogP contribution < -0.4 is 10.6 Å². The van der Waals surface area contributed by atoms with E-state index in [0.717, 1.165) is 11.3 Å². The Morgan fingerprint density at radius 3 is 3.06 bits per heavy atom. The molecule has 1 unspecified atom stereocenters. The van der Waals surface area contributed by atoms with E-state index in [1.54, 1.807) is 12.3 Å². The van der Waals surface area contributed by atoms with Crippen LogP contribution in [0.1, 0.15) is 24.2 Å². The third-order valence-corrected chi connectivity index (χ3v) is 2.35. The molecule has 5 nitrogen and oxygen atoms in total. The fourth-order valence-electron chi connectivity index (χ4n) is 1.40. The lowest BCUT2D eigenvalue weighted by molar-refractivity contribution is -0.120. The van der Waals surface area contributed by atoms with Crippen molar-refractivity contribution in [2.24, 2.45) is 0 Å². The van der Waals surface area contributed by atoms with Crippen LogP contribution in [0, 0.1) is 6.92 Å². The molecule has 1 amide bonds. The number of aromatic amines is 1. The molecule has 1 heterocycles. The largest absolute Gasteiger partial charge is 0.352 e. The Morgan fingerprint density at radius 2 is 2.50 bits per heavy atom. The first-order chi connectivity index (χ1) is 7.65. The van der Waals surface area contributed by atoms with Gasteiger partial charge < -0.3 is 10.6 Å². The van der Waals surface area contributed by atoms with Gasteiger partial charge in [0, 0.05) is 23.8 Å². The van der Waals surface area contributed by atoms with E-state index in [1.165, 1.54) is 0 Å². The van der Waals surface area contributed by atoms with Gasteiger partial charge in [0.05, 0.1) is 12.7 Å². The lowest BCUT2D eigenvalue weighted by Crippen LogP contribution is -2.35. The summed E-state index contributed by atoms with van der Waals surface area (Å²) in [6.45, 7) is 8.28. The molecule has 3 N–H and O–H groups in total. The number of nitrogens with zero attached hydrogens (tertiary/aromatic N) is 1. The minimum atomic E-state index is -0.0344. The first-order valence-electron chi connectivity index (χ1n) is 5.26. The quantitative estimate of drug-likeness (QED) is 0.620. The van der Waals surface area contributed by atoms with Gasteiger partial charge in [-0.15, -0.1) is 6.58 Å². The van der Waals surface area contributed by atoms with E-state index in [9.17, 15) is 4.79 Å². The Morgan fingerprint density at radius 1 is 1.75 bits per heavy atom. The molecule has 0 radical (unpaired) electrons. The van der Waals surface area contributed by atoms with Crippen molar-refractivity contribution in [2.45, 2.75) is 19.9 Å². The summed E-state index contributed by atoms with van der Waals surface area (Å²) in [5.74, 6) is -0.0344. The molecular weight excluding hydrogens is 204 g/mol. The summed E-state index contributed by atoms with van der Waals surface area (Å²) in [6.07, 6.45) is 3.43. The maximum Gasteiger partial charge on any atom is 0.234 e. The molecular formula is C11H18N4O. The van der Waals surface area contributed by atoms with Crippen molar-refractivity contribution >= 4 is 5.91 Å². The van der Waals surface area contributed by atoms with E-state index in [4.69, 9.17) is 0 Å². The number of hydrogen-bond acceptors (Lipinski definition) is 3. The van der Waals surface area contributed by atoms with Gasteiger partial charge in [0.25, 0.3) is 0 Å². The zero-order valence-corrected chi connectivity index (χ0v) is 9.71. The van der Waals surface area contributed by atoms with Crippen molar-refractivity contribution in [3.05, 3.63) is 30.1 Å². The van der Waals surface area contributed by atoms with Gasteiger partial charge in [-0.2, -0.15) is 5.10 Å². The first-order valence-corrected chi connectivity index (χ1v) is 5.26. The fourth-order valence-corrected chi connectivity index (χ4v) is 1.40. The Hall–Kier alpha value is -1.62. The van der Waals surface area contributed by atoms with Crippen LogP contribution >= 0.6 is 0 Å². The minimum Gasteiger partial charge on any atom is -0.352 e. The molecule has 0 saturated heterocycles. The van der Waals surface area contributed by atoms with Gasteiger partial charge in [0.2, 0.25) is 5.91 Å². The van der Waals surface area contributed by atoms with Crippen molar-refractivity contribution in [2.75, 3.05) is 13.1 Å². The summed E-state index contributed by atoms with van der Waals surface area (Å²) in [4.78, 5) is 11.3. The van der Waals surface area contributed by atoms with Gasteiger partial charge in [-0.25, -0.2) is 0 Å². The van der Waals surface area contributed by atoms with E-state index < -0.39 is 0 Å². The number of rotatable bonds is 6. The molecule has 0 bridgehead atoms. The Kier molecular flexibility index (Phi) is 4.72. The highest BCUT2D eigenvalue weighted by atomic mass is 16.1. The van der Waals surface area contributed by atoms with Crippen LogP contribution in [-0.4, -0.2) is 29.2 Å². The van der Waals surface area contributed by atoms with E-state index >= 15 is 0 Å². The number of H-pyrrole nitrogens is 1. The molecule has 0 aliphatic carbocycles. The van der Waals surface area contributed by atoms with E-state index in [-0.39, 0.29) is 11.9 Å². The average Bonchev–Trinajstić information content (AvgIpc) is 2.69. The standard InChI is InChI=1S/C11H18N4O/c1-4-5-12-11(16)7-13-8(2)10-6-14-15-9(10)3/h4,6,8,13H,1,5,7H2,2-3H3,(H,12,16)(H,14,15). The highest BCUT2D eigenvalue weighted by molar-refractivity contribution is 5.78. The Balaban J connectivity index is 2.35. The van der Waals surface area contributed by atoms with Crippen LogP contribution in [0.2, 0.25) is 0 Å². The van der Waals surface area contributed by atoms with Gasteiger partial charge in [-0.1, -0.05) is 6.08 Å². The number of aromatic nitrogens is 2. The summed E-state index contributed by atoms with van der Waals surface area (Å²) in [5, 5.41) is 12.6. The predicted molar refractivity (Wildman–Crippen MR) is 62.9 cm³/mol. The molecule has 0 saturated carbocycles. The molecule has 0 spiro atoms. The molecule has 88 valence electrons. The highest BCUT2D eigenvalue weighted by Gasteiger charge is 2.10. The molecule has 5 heteroatoms. The van der Waals surface area contributed by atoms with Crippen LogP contribution in [-0.2, 0) is 4.79 Å². The number of nitrogens with one attached hydrogen (secondary N) is 3.